The van der Waals surface area contributed by atoms with E-state index in [1.54, 1.807) is 0 Å². The first-order valence-electron chi connectivity index (χ1n) is 11.8. The summed E-state index contributed by atoms with van der Waals surface area (Å²) in [7, 11) is 0. The Bertz CT molecular complexity index is 1360. The molecule has 0 heterocycles. The third kappa shape index (κ3) is 5.72. The Balaban J connectivity index is 1.48. The van der Waals surface area contributed by atoms with Crippen LogP contribution in [-0.4, -0.2) is 0 Å². The number of fused-ring (bicyclic) bond motifs is 1. The molecule has 0 spiro atoms. The van der Waals surface area contributed by atoms with Gasteiger partial charge in [0.1, 0.15) is 5.82 Å². The van der Waals surface area contributed by atoms with Gasteiger partial charge in [0.15, 0.2) is 0 Å². The molecule has 1 heteroatoms. The summed E-state index contributed by atoms with van der Waals surface area (Å²) >= 11 is 0. The number of hydrogen-bond donors (Lipinski definition) is 0. The van der Waals surface area contributed by atoms with Gasteiger partial charge < -0.3 is 0 Å². The van der Waals surface area contributed by atoms with E-state index in [9.17, 15) is 4.39 Å². The average Bonchev–Trinajstić information content (AvgIpc) is 2.88. The van der Waals surface area contributed by atoms with Crippen molar-refractivity contribution in [1.82, 2.24) is 0 Å². The van der Waals surface area contributed by atoms with Crippen LogP contribution in [0.25, 0.3) is 21.9 Å². The van der Waals surface area contributed by atoms with Gasteiger partial charge in [-0.15, -0.1) is 6.58 Å². The molecule has 34 heavy (non-hydrogen) atoms. The van der Waals surface area contributed by atoms with Crippen molar-refractivity contribution >= 4 is 10.8 Å². The van der Waals surface area contributed by atoms with Gasteiger partial charge in [0.2, 0.25) is 0 Å². The van der Waals surface area contributed by atoms with E-state index in [0.29, 0.717) is 11.8 Å². The van der Waals surface area contributed by atoms with E-state index in [4.69, 9.17) is 0 Å². The Hall–Kier alpha value is -3.89. The number of rotatable bonds is 7. The van der Waals surface area contributed by atoms with Crippen molar-refractivity contribution in [3.63, 3.8) is 0 Å². The summed E-state index contributed by atoms with van der Waals surface area (Å²) in [5.41, 5.74) is 6.29. The van der Waals surface area contributed by atoms with Crippen LogP contribution in [0.3, 0.4) is 0 Å². The van der Waals surface area contributed by atoms with E-state index in [2.05, 4.69) is 60.9 Å². The molecule has 0 aliphatic carbocycles. The lowest BCUT2D eigenvalue weighted by Crippen LogP contribution is -1.92. The maximum absolute atomic E-state index is 14.9. The molecule has 168 valence electrons. The van der Waals surface area contributed by atoms with Crippen molar-refractivity contribution < 1.29 is 4.39 Å². The first kappa shape index (κ1) is 23.3. The average molecular weight is 445 g/mol. The van der Waals surface area contributed by atoms with E-state index in [1.165, 1.54) is 16.7 Å². The van der Waals surface area contributed by atoms with Crippen molar-refractivity contribution in [1.29, 1.82) is 0 Å². The van der Waals surface area contributed by atoms with Crippen LogP contribution in [0.4, 0.5) is 4.39 Å². The van der Waals surface area contributed by atoms with Crippen molar-refractivity contribution in [3.05, 3.63) is 132 Å². The van der Waals surface area contributed by atoms with E-state index in [-0.39, 0.29) is 5.82 Å². The van der Waals surface area contributed by atoms with Gasteiger partial charge in [-0.05, 0) is 84.5 Å². The third-order valence-electron chi connectivity index (χ3n) is 6.01. The van der Waals surface area contributed by atoms with Crippen LogP contribution in [0.2, 0.25) is 0 Å². The van der Waals surface area contributed by atoms with E-state index < -0.39 is 0 Å². The van der Waals surface area contributed by atoms with Crippen LogP contribution in [0.5, 0.6) is 0 Å². The fraction of sp³-hybridized carbons (Fsp3) is 0.152. The normalized spacial score (nSPS) is 10.9. The molecule has 0 bridgehead atoms. The Morgan fingerprint density at radius 1 is 0.765 bits per heavy atom. The molecule has 0 nitrogen and oxygen atoms in total. The van der Waals surface area contributed by atoms with E-state index in [0.717, 1.165) is 41.3 Å². The number of benzene rings is 4. The molecular formula is C33H29F. The smallest absolute Gasteiger partial charge is 0.134 e. The van der Waals surface area contributed by atoms with Gasteiger partial charge in [-0.1, -0.05) is 84.7 Å². The molecule has 0 atom stereocenters. The number of halogens is 1. The van der Waals surface area contributed by atoms with Gasteiger partial charge >= 0.3 is 0 Å². The van der Waals surface area contributed by atoms with Crippen molar-refractivity contribution in [2.24, 2.45) is 0 Å². The predicted octanol–water partition coefficient (Wildman–Crippen LogP) is 8.67. The van der Waals surface area contributed by atoms with E-state index in [1.807, 2.05) is 61.5 Å². The molecule has 0 saturated carbocycles. The lowest BCUT2D eigenvalue weighted by Gasteiger charge is -2.06. The fourth-order valence-electron chi connectivity index (χ4n) is 4.04. The zero-order chi connectivity index (χ0) is 23.8. The summed E-state index contributed by atoms with van der Waals surface area (Å²) in [5.74, 6) is 6.34. The van der Waals surface area contributed by atoms with Gasteiger partial charge in [-0.2, -0.15) is 0 Å². The second-order valence-corrected chi connectivity index (χ2v) is 8.43. The standard InChI is InChI=1S/C33H29F/c1-3-5-7-9-30-21-22-31-24-27(16-23-32(31)33(30)34)11-10-26-14-19-29(20-15-26)28-17-12-25(13-18-28)8-6-4-2/h3-5,12-24H,2,6-9H2,1H3/b5-3+. The minimum absolute atomic E-state index is 0.120. The molecule has 0 aliphatic rings. The molecule has 0 unspecified atom stereocenters. The topological polar surface area (TPSA) is 0 Å². The minimum Gasteiger partial charge on any atom is -0.206 e. The Morgan fingerprint density at radius 3 is 2.15 bits per heavy atom. The Morgan fingerprint density at radius 2 is 1.44 bits per heavy atom. The fourth-order valence-corrected chi connectivity index (χ4v) is 4.04. The highest BCUT2D eigenvalue weighted by molar-refractivity contribution is 5.85. The quantitative estimate of drug-likeness (QED) is 0.198. The second-order valence-electron chi connectivity index (χ2n) is 8.43. The predicted molar refractivity (Wildman–Crippen MR) is 143 cm³/mol. The van der Waals surface area contributed by atoms with Crippen LogP contribution < -0.4 is 0 Å². The summed E-state index contributed by atoms with van der Waals surface area (Å²) in [6.45, 7) is 5.77. The maximum Gasteiger partial charge on any atom is 0.134 e. The lowest BCUT2D eigenvalue weighted by atomic mass is 10.0. The number of hydrogen-bond acceptors (Lipinski definition) is 0. The molecule has 0 saturated heterocycles. The molecule has 4 rings (SSSR count). The van der Waals surface area contributed by atoms with Crippen LogP contribution in [0.1, 0.15) is 42.0 Å². The molecule has 0 N–H and O–H groups in total. The van der Waals surface area contributed by atoms with Crippen LogP contribution in [0, 0.1) is 17.7 Å². The van der Waals surface area contributed by atoms with Crippen molar-refractivity contribution in [2.45, 2.75) is 32.6 Å². The lowest BCUT2D eigenvalue weighted by molar-refractivity contribution is 0.621. The maximum atomic E-state index is 14.9. The summed E-state index contributed by atoms with van der Waals surface area (Å²) < 4.78 is 14.9. The van der Waals surface area contributed by atoms with Crippen LogP contribution >= 0.6 is 0 Å². The summed E-state index contributed by atoms with van der Waals surface area (Å²) in [6.07, 6.45) is 9.60. The highest BCUT2D eigenvalue weighted by Gasteiger charge is 2.07. The monoisotopic (exact) mass is 444 g/mol. The molecule has 4 aromatic rings. The molecule has 0 amide bonds. The zero-order valence-corrected chi connectivity index (χ0v) is 19.7. The largest absolute Gasteiger partial charge is 0.206 e. The van der Waals surface area contributed by atoms with Crippen LogP contribution in [-0.2, 0) is 12.8 Å². The molecular weight excluding hydrogens is 415 g/mol. The first-order valence-corrected chi connectivity index (χ1v) is 11.8. The first-order chi connectivity index (χ1) is 16.7. The summed E-state index contributed by atoms with van der Waals surface area (Å²) in [5, 5.41) is 1.54. The van der Waals surface area contributed by atoms with Crippen molar-refractivity contribution in [3.8, 4) is 23.0 Å². The minimum atomic E-state index is -0.120. The van der Waals surface area contributed by atoms with Crippen molar-refractivity contribution in [2.75, 3.05) is 0 Å². The van der Waals surface area contributed by atoms with Crippen LogP contribution in [0.15, 0.2) is 104 Å². The zero-order valence-electron chi connectivity index (χ0n) is 19.7. The highest BCUT2D eigenvalue weighted by atomic mass is 19.1. The van der Waals surface area contributed by atoms with Gasteiger partial charge in [-0.3, -0.25) is 0 Å². The Labute approximate surface area is 202 Å². The molecule has 0 fully saturated rings. The Kier molecular flexibility index (Phi) is 7.74. The molecule has 0 aromatic heterocycles. The summed E-state index contributed by atoms with van der Waals surface area (Å²) in [4.78, 5) is 0. The second kappa shape index (κ2) is 11.3. The molecule has 4 aromatic carbocycles. The number of aryl methyl sites for hydroxylation is 2. The van der Waals surface area contributed by atoms with Gasteiger partial charge in [0.25, 0.3) is 0 Å². The SMILES string of the molecule is C=CCCc1ccc(-c2ccc(C#Cc3ccc4c(F)c(CC/C=C/C)ccc4c3)cc2)cc1. The molecule has 0 aliphatic heterocycles. The van der Waals surface area contributed by atoms with Gasteiger partial charge in [0, 0.05) is 16.5 Å². The third-order valence-corrected chi connectivity index (χ3v) is 6.01. The number of allylic oxidation sites excluding steroid dienone is 3. The van der Waals surface area contributed by atoms with Gasteiger partial charge in [-0.25, -0.2) is 4.39 Å². The highest BCUT2D eigenvalue weighted by Crippen LogP contribution is 2.24. The molecule has 0 radical (unpaired) electrons. The van der Waals surface area contributed by atoms with Gasteiger partial charge in [0.05, 0.1) is 0 Å². The summed E-state index contributed by atoms with van der Waals surface area (Å²) in [6, 6.07) is 26.6. The van der Waals surface area contributed by atoms with E-state index >= 15 is 0 Å².